The second kappa shape index (κ2) is 10.4. The molecule has 0 unspecified atom stereocenters. The molecule has 0 saturated heterocycles. The quantitative estimate of drug-likeness (QED) is 0.162. The van der Waals surface area contributed by atoms with Gasteiger partial charge in [-0.2, -0.15) is 0 Å². The number of amidine groups is 2. The zero-order valence-electron chi connectivity index (χ0n) is 24.6. The molecular formula is C40H26N4O2. The highest BCUT2D eigenvalue weighted by molar-refractivity contribution is 6.23. The number of benzene rings is 6. The molecule has 0 bridgehead atoms. The van der Waals surface area contributed by atoms with Gasteiger partial charge in [-0.1, -0.05) is 84.9 Å². The van der Waals surface area contributed by atoms with Crippen LogP contribution in [0.5, 0.6) is 0 Å². The average molecular weight is 595 g/mol. The molecule has 0 aliphatic carbocycles. The summed E-state index contributed by atoms with van der Waals surface area (Å²) in [6, 6.07) is 42.8. The molecule has 0 spiro atoms. The van der Waals surface area contributed by atoms with Crippen LogP contribution in [0.3, 0.4) is 0 Å². The van der Waals surface area contributed by atoms with Crippen LogP contribution in [-0.4, -0.2) is 16.7 Å². The molecule has 0 aliphatic heterocycles. The van der Waals surface area contributed by atoms with Crippen LogP contribution >= 0.6 is 0 Å². The number of hydrogen-bond acceptors (Lipinski definition) is 4. The minimum absolute atomic E-state index is 0.344. The molecule has 3 heterocycles. The van der Waals surface area contributed by atoms with Crippen molar-refractivity contribution in [1.29, 1.82) is 0 Å². The fraction of sp³-hybridized carbons (Fsp3) is 0.0250. The first-order chi connectivity index (χ1) is 22.7. The Hall–Kier alpha value is -6.27. The molecule has 218 valence electrons. The molecule has 9 aromatic rings. The Kier molecular flexibility index (Phi) is 5.93. The van der Waals surface area contributed by atoms with E-state index in [0.717, 1.165) is 71.5 Å². The predicted octanol–water partition coefficient (Wildman–Crippen LogP) is 9.54. The summed E-state index contributed by atoms with van der Waals surface area (Å²) < 4.78 is 12.6. The van der Waals surface area contributed by atoms with Crippen molar-refractivity contribution in [3.63, 3.8) is 0 Å². The highest BCUT2D eigenvalue weighted by Crippen LogP contribution is 2.36. The highest BCUT2D eigenvalue weighted by atomic mass is 16.3. The predicted molar refractivity (Wildman–Crippen MR) is 188 cm³/mol. The molecule has 0 radical (unpaired) electrons. The van der Waals surface area contributed by atoms with Crippen LogP contribution in [-0.2, 0) is 6.54 Å². The van der Waals surface area contributed by atoms with Crippen LogP contribution in [0.15, 0.2) is 152 Å². The van der Waals surface area contributed by atoms with Crippen molar-refractivity contribution in [3.8, 4) is 0 Å². The molecule has 0 fully saturated rings. The maximum absolute atomic E-state index is 6.76. The van der Waals surface area contributed by atoms with Crippen LogP contribution in [0.4, 0.5) is 0 Å². The van der Waals surface area contributed by atoms with Gasteiger partial charge in [-0.15, -0.1) is 0 Å². The van der Waals surface area contributed by atoms with Crippen molar-refractivity contribution >= 4 is 77.2 Å². The van der Waals surface area contributed by atoms with Crippen molar-refractivity contribution < 1.29 is 8.83 Å². The Morgan fingerprint density at radius 3 is 2.37 bits per heavy atom. The van der Waals surface area contributed by atoms with Crippen LogP contribution in [0.25, 0.3) is 65.6 Å². The fourth-order valence-corrected chi connectivity index (χ4v) is 6.36. The first-order valence-electron chi connectivity index (χ1n) is 15.2. The number of furan rings is 2. The first-order valence-corrected chi connectivity index (χ1v) is 15.2. The Balaban J connectivity index is 1.22. The van der Waals surface area contributed by atoms with E-state index in [4.69, 9.17) is 24.6 Å². The van der Waals surface area contributed by atoms with Crippen molar-refractivity contribution in [2.75, 3.05) is 0 Å². The van der Waals surface area contributed by atoms with E-state index in [9.17, 15) is 0 Å². The van der Waals surface area contributed by atoms with E-state index in [0.29, 0.717) is 18.2 Å². The molecule has 0 aliphatic rings. The third kappa shape index (κ3) is 4.31. The number of nitrogens with zero attached hydrogens (tertiary/aromatic N) is 3. The summed E-state index contributed by atoms with van der Waals surface area (Å²) in [6.45, 7) is 0.427. The SMILES string of the molecule is NC(=NC(=NCc1ccc2ccccc2c1)c1cccc2oc3c(ccc4cccnc43)c12)c1ccc2c(c1)oc1ccccc12. The normalized spacial score (nSPS) is 12.8. The summed E-state index contributed by atoms with van der Waals surface area (Å²) in [6.07, 6.45) is 1.79. The van der Waals surface area contributed by atoms with Gasteiger partial charge in [0.1, 0.15) is 28.1 Å². The Bertz CT molecular complexity index is 2700. The molecular weight excluding hydrogens is 568 g/mol. The standard InChI is InChI=1S/C40H26N4O2/c41-39(28-17-18-30-29-10-3-4-12-33(29)45-35(30)22-28)44-40(43-23-24-14-15-25-7-1-2-8-27(25)21-24)32-11-5-13-34-36(32)31-19-16-26-9-6-20-42-37(26)38(31)46-34/h1-22H,23H2,(H2,41,43,44). The lowest BCUT2D eigenvalue weighted by Crippen LogP contribution is -2.16. The second-order valence-electron chi connectivity index (χ2n) is 11.4. The van der Waals surface area contributed by atoms with Gasteiger partial charge in [-0.3, -0.25) is 9.98 Å². The fourth-order valence-electron chi connectivity index (χ4n) is 6.36. The monoisotopic (exact) mass is 594 g/mol. The summed E-state index contributed by atoms with van der Waals surface area (Å²) in [5.41, 5.74) is 13.3. The summed E-state index contributed by atoms with van der Waals surface area (Å²) in [4.78, 5) is 14.7. The number of pyridine rings is 1. The van der Waals surface area contributed by atoms with Crippen molar-refractivity contribution in [2.24, 2.45) is 15.7 Å². The van der Waals surface area contributed by atoms with E-state index in [2.05, 4.69) is 53.5 Å². The van der Waals surface area contributed by atoms with Crippen LogP contribution in [0.1, 0.15) is 16.7 Å². The number of hydrogen-bond donors (Lipinski definition) is 1. The topological polar surface area (TPSA) is 89.9 Å². The number of nitrogens with two attached hydrogens (primary N) is 1. The summed E-state index contributed by atoms with van der Waals surface area (Å²) in [5, 5.41) is 7.35. The van der Waals surface area contributed by atoms with Crippen LogP contribution in [0.2, 0.25) is 0 Å². The van der Waals surface area contributed by atoms with Crippen LogP contribution < -0.4 is 5.73 Å². The summed E-state index contributed by atoms with van der Waals surface area (Å²) >= 11 is 0. The van der Waals surface area contributed by atoms with E-state index in [-0.39, 0.29) is 0 Å². The lowest BCUT2D eigenvalue weighted by Gasteiger charge is -2.08. The van der Waals surface area contributed by atoms with E-state index in [1.54, 1.807) is 6.20 Å². The number of aliphatic imine (C=N–C) groups is 2. The van der Waals surface area contributed by atoms with Crippen molar-refractivity contribution in [2.45, 2.75) is 6.54 Å². The second-order valence-corrected chi connectivity index (χ2v) is 11.4. The third-order valence-corrected chi connectivity index (χ3v) is 8.60. The molecule has 0 saturated carbocycles. The van der Waals surface area contributed by atoms with E-state index in [1.807, 2.05) is 78.9 Å². The first kappa shape index (κ1) is 26.2. The van der Waals surface area contributed by atoms with Gasteiger partial charge in [-0.05, 0) is 58.8 Å². The molecule has 6 aromatic carbocycles. The van der Waals surface area contributed by atoms with E-state index in [1.165, 1.54) is 10.8 Å². The molecule has 6 nitrogen and oxygen atoms in total. The lowest BCUT2D eigenvalue weighted by molar-refractivity contribution is 0.669. The zero-order chi connectivity index (χ0) is 30.6. The lowest BCUT2D eigenvalue weighted by atomic mass is 10.0. The van der Waals surface area contributed by atoms with Gasteiger partial charge in [-0.25, -0.2) is 4.99 Å². The molecule has 6 heteroatoms. The number of rotatable bonds is 4. The summed E-state index contributed by atoms with van der Waals surface area (Å²) in [7, 11) is 0. The maximum atomic E-state index is 6.76. The van der Waals surface area contributed by atoms with Gasteiger partial charge >= 0.3 is 0 Å². The van der Waals surface area contributed by atoms with Gasteiger partial charge in [0.05, 0.1) is 6.54 Å². The van der Waals surface area contributed by atoms with Crippen LogP contribution in [0, 0.1) is 0 Å². The maximum Gasteiger partial charge on any atom is 0.161 e. The van der Waals surface area contributed by atoms with Gasteiger partial charge < -0.3 is 14.6 Å². The molecule has 46 heavy (non-hydrogen) atoms. The minimum Gasteiger partial charge on any atom is -0.456 e. The minimum atomic E-state index is 0.344. The number of fused-ring (bicyclic) bond motifs is 9. The van der Waals surface area contributed by atoms with E-state index >= 15 is 0 Å². The molecule has 0 amide bonds. The Morgan fingerprint density at radius 2 is 1.41 bits per heavy atom. The third-order valence-electron chi connectivity index (χ3n) is 8.60. The van der Waals surface area contributed by atoms with Crippen molar-refractivity contribution in [3.05, 3.63) is 150 Å². The molecule has 0 atom stereocenters. The smallest absolute Gasteiger partial charge is 0.161 e. The molecule has 3 aromatic heterocycles. The Labute approximate surface area is 263 Å². The number of aromatic nitrogens is 1. The Morgan fingerprint density at radius 1 is 0.630 bits per heavy atom. The number of para-hydroxylation sites is 1. The van der Waals surface area contributed by atoms with Crippen molar-refractivity contribution in [1.82, 2.24) is 4.98 Å². The average Bonchev–Trinajstić information content (AvgIpc) is 3.68. The van der Waals surface area contributed by atoms with E-state index < -0.39 is 0 Å². The molecule has 2 N–H and O–H groups in total. The highest BCUT2D eigenvalue weighted by Gasteiger charge is 2.18. The summed E-state index contributed by atoms with van der Waals surface area (Å²) in [5.74, 6) is 0.862. The zero-order valence-corrected chi connectivity index (χ0v) is 24.6. The van der Waals surface area contributed by atoms with Gasteiger partial charge in [0.15, 0.2) is 11.4 Å². The molecule has 9 rings (SSSR count). The largest absolute Gasteiger partial charge is 0.456 e. The van der Waals surface area contributed by atoms with Gasteiger partial charge in [0, 0.05) is 44.3 Å². The van der Waals surface area contributed by atoms with Gasteiger partial charge in [0.2, 0.25) is 0 Å². The van der Waals surface area contributed by atoms with Gasteiger partial charge in [0.25, 0.3) is 0 Å².